The number of anilines is 3. The molecule has 0 aliphatic rings. The van der Waals surface area contributed by atoms with Gasteiger partial charge in [0.1, 0.15) is 11.6 Å². The second kappa shape index (κ2) is 13.1. The molecule has 0 radical (unpaired) electrons. The summed E-state index contributed by atoms with van der Waals surface area (Å²) in [5, 5.41) is 25.9. The number of hydrogen-bond donors (Lipinski definition) is 4. The number of carbonyl (C=O) groups is 3. The molecule has 4 N–H and O–H groups in total. The Morgan fingerprint density at radius 2 is 1.92 bits per heavy atom. The van der Waals surface area contributed by atoms with E-state index >= 15 is 0 Å². The molecule has 37 heavy (non-hydrogen) atoms. The van der Waals surface area contributed by atoms with Gasteiger partial charge in [-0.15, -0.1) is 0 Å². The minimum absolute atomic E-state index is 0.00922. The lowest BCUT2D eigenvalue weighted by Crippen LogP contribution is -2.35. The molecule has 0 aliphatic heterocycles. The van der Waals surface area contributed by atoms with Crippen molar-refractivity contribution in [3.8, 4) is 11.3 Å². The molecule has 0 spiro atoms. The van der Waals surface area contributed by atoms with Crippen LogP contribution in [0.3, 0.4) is 0 Å². The Hall–Kier alpha value is -4.32. The largest absolute Gasteiger partial charge is 0.465 e. The van der Waals surface area contributed by atoms with E-state index in [0.717, 1.165) is 4.90 Å². The van der Waals surface area contributed by atoms with Gasteiger partial charge in [-0.25, -0.2) is 14.2 Å². The zero-order valence-electron chi connectivity index (χ0n) is 19.9. The highest BCUT2D eigenvalue weighted by Crippen LogP contribution is 2.27. The number of aromatic nitrogens is 3. The summed E-state index contributed by atoms with van der Waals surface area (Å²) in [5.41, 5.74) is 1.58. The fourth-order valence-corrected chi connectivity index (χ4v) is 3.46. The van der Waals surface area contributed by atoms with E-state index < -0.39 is 17.8 Å². The van der Waals surface area contributed by atoms with E-state index in [4.69, 9.17) is 11.6 Å². The van der Waals surface area contributed by atoms with Crippen molar-refractivity contribution in [3.05, 3.63) is 59.6 Å². The Bertz CT molecular complexity index is 1280. The predicted octanol–water partition coefficient (Wildman–Crippen LogP) is 3.91. The van der Waals surface area contributed by atoms with Crippen LogP contribution in [0.1, 0.15) is 19.8 Å². The third-order valence-corrected chi connectivity index (χ3v) is 5.27. The number of benzene rings is 1. The molecule has 13 heteroatoms. The van der Waals surface area contributed by atoms with Gasteiger partial charge in [-0.1, -0.05) is 11.6 Å². The number of rotatable bonds is 11. The average molecular weight is 530 g/mol. The fourth-order valence-electron chi connectivity index (χ4n) is 3.28. The molecule has 0 bridgehead atoms. The van der Waals surface area contributed by atoms with Crippen LogP contribution < -0.4 is 16.0 Å². The number of nitrogens with one attached hydrogen (secondary N) is 3. The molecule has 0 unspecified atom stereocenters. The van der Waals surface area contributed by atoms with Crippen molar-refractivity contribution in [2.45, 2.75) is 19.8 Å². The average Bonchev–Trinajstić information content (AvgIpc) is 2.85. The summed E-state index contributed by atoms with van der Waals surface area (Å²) in [7, 11) is 0. The van der Waals surface area contributed by atoms with Crippen LogP contribution in [-0.2, 0) is 9.59 Å². The Balaban J connectivity index is 1.58. The highest BCUT2D eigenvalue weighted by Gasteiger charge is 2.14. The minimum atomic E-state index is -1.15. The molecule has 0 fully saturated rings. The van der Waals surface area contributed by atoms with Crippen LogP contribution in [-0.4, -0.2) is 62.7 Å². The Kier molecular flexibility index (Phi) is 9.67. The molecule has 3 aromatic rings. The summed E-state index contributed by atoms with van der Waals surface area (Å²) < 4.78 is 14.2. The van der Waals surface area contributed by atoms with E-state index in [0.29, 0.717) is 29.4 Å². The van der Waals surface area contributed by atoms with E-state index in [2.05, 4.69) is 31.1 Å². The van der Waals surface area contributed by atoms with Gasteiger partial charge in [0, 0.05) is 61.5 Å². The van der Waals surface area contributed by atoms with E-state index in [-0.39, 0.29) is 42.5 Å². The third-order valence-electron chi connectivity index (χ3n) is 5.03. The van der Waals surface area contributed by atoms with Crippen LogP contribution in [0.25, 0.3) is 11.3 Å². The Morgan fingerprint density at radius 1 is 1.11 bits per heavy atom. The molecule has 0 aliphatic carbocycles. The van der Waals surface area contributed by atoms with Gasteiger partial charge in [0.15, 0.2) is 0 Å². The standard InChI is InChI=1S/C24H25ClFN7O4/c1-15(34)27-7-2-9-33(24(36)37)10-6-23(35)31-22-13-17(5-8-28-22)30-18-12-21(32-29-14-18)19-11-16(25)3-4-20(19)26/h3-5,8,11-14H,2,6-7,9-10H2,1H3,(H,27,34)(H,36,37)(H2,28,30,31,32,35). The van der Waals surface area contributed by atoms with Crippen molar-refractivity contribution in [3.63, 3.8) is 0 Å². The summed E-state index contributed by atoms with van der Waals surface area (Å²) >= 11 is 5.97. The topological polar surface area (TPSA) is 149 Å². The molecule has 2 heterocycles. The maximum atomic E-state index is 14.2. The molecule has 2 aromatic heterocycles. The maximum absolute atomic E-state index is 14.2. The Labute approximate surface area is 217 Å². The van der Waals surface area contributed by atoms with Crippen molar-refractivity contribution in [1.82, 2.24) is 25.4 Å². The van der Waals surface area contributed by atoms with Crippen LogP contribution in [0.2, 0.25) is 5.02 Å². The van der Waals surface area contributed by atoms with Crippen molar-refractivity contribution in [2.75, 3.05) is 30.3 Å². The number of hydrogen-bond acceptors (Lipinski definition) is 7. The van der Waals surface area contributed by atoms with Crippen molar-refractivity contribution in [2.24, 2.45) is 0 Å². The van der Waals surface area contributed by atoms with Crippen molar-refractivity contribution < 1.29 is 23.9 Å². The molecule has 1 aromatic carbocycles. The van der Waals surface area contributed by atoms with Gasteiger partial charge in [0.05, 0.1) is 17.6 Å². The van der Waals surface area contributed by atoms with Crippen LogP contribution >= 0.6 is 11.6 Å². The quantitative estimate of drug-likeness (QED) is 0.273. The van der Waals surface area contributed by atoms with E-state index in [1.807, 2.05) is 0 Å². The third kappa shape index (κ3) is 8.69. The molecule has 0 saturated carbocycles. The van der Waals surface area contributed by atoms with Gasteiger partial charge in [0.25, 0.3) is 0 Å². The normalized spacial score (nSPS) is 10.5. The summed E-state index contributed by atoms with van der Waals surface area (Å²) in [6.45, 7) is 1.90. The van der Waals surface area contributed by atoms with E-state index in [1.165, 1.54) is 37.5 Å². The first-order valence-electron chi connectivity index (χ1n) is 11.2. The second-order valence-electron chi connectivity index (χ2n) is 7.91. The monoisotopic (exact) mass is 529 g/mol. The second-order valence-corrected chi connectivity index (χ2v) is 8.35. The predicted molar refractivity (Wildman–Crippen MR) is 136 cm³/mol. The van der Waals surface area contributed by atoms with Gasteiger partial charge >= 0.3 is 6.09 Å². The molecule has 194 valence electrons. The zero-order chi connectivity index (χ0) is 26.8. The highest BCUT2D eigenvalue weighted by atomic mass is 35.5. The van der Waals surface area contributed by atoms with E-state index in [1.54, 1.807) is 18.2 Å². The molecule has 3 amide bonds. The van der Waals surface area contributed by atoms with Gasteiger partial charge in [-0.05, 0) is 36.8 Å². The number of halogens is 2. The van der Waals surface area contributed by atoms with Crippen LogP contribution in [0, 0.1) is 5.82 Å². The first kappa shape index (κ1) is 27.3. The van der Waals surface area contributed by atoms with Gasteiger partial charge in [0.2, 0.25) is 11.8 Å². The molecular weight excluding hydrogens is 505 g/mol. The highest BCUT2D eigenvalue weighted by molar-refractivity contribution is 6.30. The molecule has 0 saturated heterocycles. The smallest absolute Gasteiger partial charge is 0.407 e. The first-order valence-corrected chi connectivity index (χ1v) is 11.6. The minimum Gasteiger partial charge on any atom is -0.465 e. The number of carboxylic acid groups (broad SMARTS) is 1. The van der Waals surface area contributed by atoms with Gasteiger partial charge in [-0.2, -0.15) is 10.2 Å². The van der Waals surface area contributed by atoms with Crippen LogP contribution in [0.15, 0.2) is 48.8 Å². The van der Waals surface area contributed by atoms with Gasteiger partial charge in [-0.3, -0.25) is 9.59 Å². The number of carbonyl (C=O) groups excluding carboxylic acids is 2. The lowest BCUT2D eigenvalue weighted by Gasteiger charge is -2.19. The summed E-state index contributed by atoms with van der Waals surface area (Å²) in [6, 6.07) is 9.00. The molecule has 11 nitrogen and oxygen atoms in total. The lowest BCUT2D eigenvalue weighted by atomic mass is 10.1. The molecular formula is C24H25ClFN7O4. The summed E-state index contributed by atoms with van der Waals surface area (Å²) in [4.78, 5) is 39.9. The SMILES string of the molecule is CC(=O)NCCCN(CCC(=O)Nc1cc(Nc2cnnc(-c3cc(Cl)ccc3F)c2)ccn1)C(=O)O. The van der Waals surface area contributed by atoms with Gasteiger partial charge < -0.3 is 26.0 Å². The van der Waals surface area contributed by atoms with Crippen LogP contribution in [0.5, 0.6) is 0 Å². The first-order chi connectivity index (χ1) is 17.7. The van der Waals surface area contributed by atoms with E-state index in [9.17, 15) is 23.9 Å². The number of amides is 3. The number of pyridine rings is 1. The maximum Gasteiger partial charge on any atom is 0.407 e. The zero-order valence-corrected chi connectivity index (χ0v) is 20.6. The summed E-state index contributed by atoms with van der Waals surface area (Å²) in [5.74, 6) is -0.840. The molecule has 3 rings (SSSR count). The van der Waals surface area contributed by atoms with Crippen molar-refractivity contribution >= 4 is 46.7 Å². The van der Waals surface area contributed by atoms with Crippen molar-refractivity contribution in [1.29, 1.82) is 0 Å². The van der Waals surface area contributed by atoms with Crippen LogP contribution in [0.4, 0.5) is 26.4 Å². The molecule has 0 atom stereocenters. The summed E-state index contributed by atoms with van der Waals surface area (Å²) in [6.07, 6.45) is 2.14. The number of nitrogens with zero attached hydrogens (tertiary/aromatic N) is 4. The fraction of sp³-hybridized carbons (Fsp3) is 0.250. The lowest BCUT2D eigenvalue weighted by molar-refractivity contribution is -0.119. The Morgan fingerprint density at radius 3 is 2.68 bits per heavy atom.